The molecule has 6 heteroatoms. The van der Waals surface area contributed by atoms with Crippen molar-refractivity contribution in [1.29, 1.82) is 0 Å². The van der Waals surface area contributed by atoms with E-state index in [1.54, 1.807) is 0 Å². The van der Waals surface area contributed by atoms with E-state index in [1.807, 2.05) is 33.7 Å². The SMILES string of the molecule is NC1(C(=O)N2CCN(Cc3cn4ccccc4n3)CC2)CCCC1. The third-order valence-electron chi connectivity index (χ3n) is 5.38. The van der Waals surface area contributed by atoms with Gasteiger partial charge in [0.25, 0.3) is 0 Å². The van der Waals surface area contributed by atoms with Crippen LogP contribution in [0, 0.1) is 0 Å². The summed E-state index contributed by atoms with van der Waals surface area (Å²) in [6, 6.07) is 6.03. The Hall–Kier alpha value is -1.92. The predicted octanol–water partition coefficient (Wildman–Crippen LogP) is 1.25. The van der Waals surface area contributed by atoms with E-state index in [-0.39, 0.29) is 5.91 Å². The highest BCUT2D eigenvalue weighted by Crippen LogP contribution is 2.29. The summed E-state index contributed by atoms with van der Waals surface area (Å²) in [5.74, 6) is 0.160. The Labute approximate surface area is 142 Å². The lowest BCUT2D eigenvalue weighted by atomic mass is 9.97. The number of aromatic nitrogens is 2. The van der Waals surface area contributed by atoms with Gasteiger partial charge in [-0.25, -0.2) is 4.98 Å². The van der Waals surface area contributed by atoms with Crippen molar-refractivity contribution >= 4 is 11.6 Å². The minimum atomic E-state index is -0.593. The number of hydrogen-bond donors (Lipinski definition) is 1. The normalized spacial score (nSPS) is 21.5. The molecule has 0 aromatic carbocycles. The van der Waals surface area contributed by atoms with Gasteiger partial charge in [0.1, 0.15) is 5.65 Å². The second kappa shape index (κ2) is 6.18. The maximum absolute atomic E-state index is 12.7. The van der Waals surface area contributed by atoms with Crippen LogP contribution in [0.25, 0.3) is 5.65 Å². The van der Waals surface area contributed by atoms with Crippen molar-refractivity contribution in [3.63, 3.8) is 0 Å². The Kier molecular flexibility index (Phi) is 4.02. The van der Waals surface area contributed by atoms with Crippen LogP contribution in [0.3, 0.4) is 0 Å². The van der Waals surface area contributed by atoms with Crippen LogP contribution in [0.5, 0.6) is 0 Å². The smallest absolute Gasteiger partial charge is 0.242 e. The van der Waals surface area contributed by atoms with Crippen molar-refractivity contribution in [3.05, 3.63) is 36.3 Å². The van der Waals surface area contributed by atoms with E-state index in [1.165, 1.54) is 0 Å². The minimum absolute atomic E-state index is 0.160. The molecule has 0 spiro atoms. The van der Waals surface area contributed by atoms with E-state index in [9.17, 15) is 4.79 Å². The van der Waals surface area contributed by atoms with E-state index in [2.05, 4.69) is 16.1 Å². The van der Waals surface area contributed by atoms with Gasteiger partial charge in [0.15, 0.2) is 0 Å². The molecule has 0 radical (unpaired) electrons. The first-order chi connectivity index (χ1) is 11.6. The molecule has 0 bridgehead atoms. The zero-order valence-corrected chi connectivity index (χ0v) is 14.0. The zero-order valence-electron chi connectivity index (χ0n) is 14.0. The van der Waals surface area contributed by atoms with Gasteiger partial charge in [0.05, 0.1) is 11.2 Å². The van der Waals surface area contributed by atoms with Gasteiger partial charge in [-0.15, -0.1) is 0 Å². The van der Waals surface area contributed by atoms with E-state index in [0.717, 1.165) is 69.7 Å². The fourth-order valence-electron chi connectivity index (χ4n) is 3.94. The molecule has 4 rings (SSSR count). The van der Waals surface area contributed by atoms with Crippen LogP contribution in [0.2, 0.25) is 0 Å². The van der Waals surface area contributed by atoms with Gasteiger partial charge in [-0.1, -0.05) is 18.9 Å². The maximum Gasteiger partial charge on any atom is 0.242 e. The number of rotatable bonds is 3. The standard InChI is InChI=1S/C18H25N5O/c19-18(6-2-3-7-18)17(24)22-11-9-21(10-12-22)13-15-14-23-8-4-1-5-16(23)20-15/h1,4-5,8,14H,2-3,6-7,9-13,19H2. The van der Waals surface area contributed by atoms with E-state index in [4.69, 9.17) is 5.73 Å². The molecule has 1 saturated heterocycles. The summed E-state index contributed by atoms with van der Waals surface area (Å²) >= 11 is 0. The highest BCUT2D eigenvalue weighted by Gasteiger charge is 2.40. The number of imidazole rings is 1. The van der Waals surface area contributed by atoms with Crippen LogP contribution in [-0.2, 0) is 11.3 Å². The molecular formula is C18H25N5O. The first-order valence-electron chi connectivity index (χ1n) is 8.87. The molecule has 0 atom stereocenters. The summed E-state index contributed by atoms with van der Waals surface area (Å²) in [6.45, 7) is 4.14. The molecule has 128 valence electrons. The van der Waals surface area contributed by atoms with E-state index in [0.29, 0.717) is 0 Å². The van der Waals surface area contributed by atoms with Crippen molar-refractivity contribution in [2.75, 3.05) is 26.2 Å². The third kappa shape index (κ3) is 2.91. The fraction of sp³-hybridized carbons (Fsp3) is 0.556. The van der Waals surface area contributed by atoms with Gasteiger partial charge in [-0.3, -0.25) is 9.69 Å². The largest absolute Gasteiger partial charge is 0.339 e. The maximum atomic E-state index is 12.7. The van der Waals surface area contributed by atoms with Gasteiger partial charge >= 0.3 is 0 Å². The molecule has 0 unspecified atom stereocenters. The lowest BCUT2D eigenvalue weighted by Gasteiger charge is -2.38. The molecular weight excluding hydrogens is 302 g/mol. The van der Waals surface area contributed by atoms with Gasteiger partial charge in [-0.2, -0.15) is 0 Å². The average Bonchev–Trinajstić information content (AvgIpc) is 3.21. The average molecular weight is 327 g/mol. The number of piperazine rings is 1. The van der Waals surface area contributed by atoms with Crippen LogP contribution in [0.1, 0.15) is 31.4 Å². The number of hydrogen-bond acceptors (Lipinski definition) is 4. The quantitative estimate of drug-likeness (QED) is 0.921. The summed E-state index contributed by atoms with van der Waals surface area (Å²) < 4.78 is 2.05. The van der Waals surface area contributed by atoms with Crippen LogP contribution in [0.4, 0.5) is 0 Å². The monoisotopic (exact) mass is 327 g/mol. The molecule has 1 saturated carbocycles. The molecule has 1 amide bonds. The van der Waals surface area contributed by atoms with Crippen molar-refractivity contribution in [1.82, 2.24) is 19.2 Å². The van der Waals surface area contributed by atoms with Gasteiger partial charge in [-0.05, 0) is 25.0 Å². The summed E-state index contributed by atoms with van der Waals surface area (Å²) in [5.41, 5.74) is 7.78. The first kappa shape index (κ1) is 15.6. The molecule has 6 nitrogen and oxygen atoms in total. The molecule has 2 fully saturated rings. The van der Waals surface area contributed by atoms with Crippen LogP contribution in [-0.4, -0.2) is 56.8 Å². The highest BCUT2D eigenvalue weighted by molar-refractivity contribution is 5.86. The Morgan fingerprint density at radius 3 is 2.62 bits per heavy atom. The van der Waals surface area contributed by atoms with Crippen LogP contribution >= 0.6 is 0 Å². The van der Waals surface area contributed by atoms with Gasteiger partial charge < -0.3 is 15.0 Å². The second-order valence-electron chi connectivity index (χ2n) is 7.13. The number of carbonyl (C=O) groups is 1. The number of fused-ring (bicyclic) bond motifs is 1. The third-order valence-corrected chi connectivity index (χ3v) is 5.38. The summed E-state index contributed by atoms with van der Waals surface area (Å²) in [5, 5.41) is 0. The molecule has 24 heavy (non-hydrogen) atoms. The fourth-order valence-corrected chi connectivity index (χ4v) is 3.94. The van der Waals surface area contributed by atoms with E-state index >= 15 is 0 Å². The van der Waals surface area contributed by atoms with Crippen molar-refractivity contribution in [3.8, 4) is 0 Å². The molecule has 3 heterocycles. The molecule has 1 aliphatic carbocycles. The molecule has 2 aromatic heterocycles. The van der Waals surface area contributed by atoms with Crippen molar-refractivity contribution in [2.24, 2.45) is 5.73 Å². The van der Waals surface area contributed by atoms with Crippen molar-refractivity contribution in [2.45, 2.75) is 37.8 Å². The van der Waals surface area contributed by atoms with Crippen LogP contribution in [0.15, 0.2) is 30.6 Å². The Morgan fingerprint density at radius 2 is 1.92 bits per heavy atom. The number of nitrogens with zero attached hydrogens (tertiary/aromatic N) is 4. The summed E-state index contributed by atoms with van der Waals surface area (Å²) in [4.78, 5) is 21.7. The first-order valence-corrected chi connectivity index (χ1v) is 8.87. The Bertz CT molecular complexity index is 693. The lowest BCUT2D eigenvalue weighted by Crippen LogP contribution is -2.58. The number of pyridine rings is 1. The summed E-state index contributed by atoms with van der Waals surface area (Å²) in [6.07, 6.45) is 7.94. The molecule has 2 N–H and O–H groups in total. The minimum Gasteiger partial charge on any atom is -0.339 e. The number of amides is 1. The molecule has 2 aromatic rings. The van der Waals surface area contributed by atoms with Gasteiger partial charge in [0, 0.05) is 45.1 Å². The number of carbonyl (C=O) groups excluding carboxylic acids is 1. The summed E-state index contributed by atoms with van der Waals surface area (Å²) in [7, 11) is 0. The lowest BCUT2D eigenvalue weighted by molar-refractivity contribution is -0.138. The van der Waals surface area contributed by atoms with Crippen molar-refractivity contribution < 1.29 is 4.79 Å². The Balaban J connectivity index is 1.35. The van der Waals surface area contributed by atoms with Gasteiger partial charge in [0.2, 0.25) is 5.91 Å². The molecule has 2 aliphatic rings. The topological polar surface area (TPSA) is 66.9 Å². The number of nitrogens with two attached hydrogens (primary N) is 1. The Morgan fingerprint density at radius 1 is 1.17 bits per heavy atom. The second-order valence-corrected chi connectivity index (χ2v) is 7.13. The zero-order chi connectivity index (χ0) is 16.6. The van der Waals surface area contributed by atoms with E-state index < -0.39 is 5.54 Å². The predicted molar refractivity (Wildman–Crippen MR) is 92.4 cm³/mol. The van der Waals surface area contributed by atoms with Crippen LogP contribution < -0.4 is 5.73 Å². The highest BCUT2D eigenvalue weighted by atomic mass is 16.2. The molecule has 1 aliphatic heterocycles.